The third kappa shape index (κ3) is 3.78. The largest absolute Gasteiger partial charge is 0.406 e. The lowest BCUT2D eigenvalue weighted by Crippen LogP contribution is -2.19. The SMILES string of the molecule is CCCNC(C)c1nnc(N(C)Cc2cccs2)o1. The van der Waals surface area contributed by atoms with Gasteiger partial charge in [0.25, 0.3) is 0 Å². The van der Waals surface area contributed by atoms with Gasteiger partial charge in [0.15, 0.2) is 0 Å². The molecule has 0 aromatic carbocycles. The van der Waals surface area contributed by atoms with Crippen LogP contribution in [0.4, 0.5) is 6.01 Å². The van der Waals surface area contributed by atoms with Gasteiger partial charge >= 0.3 is 6.01 Å². The summed E-state index contributed by atoms with van der Waals surface area (Å²) >= 11 is 1.73. The van der Waals surface area contributed by atoms with E-state index in [4.69, 9.17) is 4.42 Å². The maximum atomic E-state index is 5.70. The molecule has 104 valence electrons. The third-order valence-electron chi connectivity index (χ3n) is 2.80. The van der Waals surface area contributed by atoms with Gasteiger partial charge in [0.1, 0.15) is 0 Å². The quantitative estimate of drug-likeness (QED) is 0.845. The minimum Gasteiger partial charge on any atom is -0.406 e. The molecule has 2 heterocycles. The monoisotopic (exact) mass is 280 g/mol. The van der Waals surface area contributed by atoms with Crippen LogP contribution in [0.15, 0.2) is 21.9 Å². The van der Waals surface area contributed by atoms with E-state index in [1.165, 1.54) is 4.88 Å². The van der Waals surface area contributed by atoms with Gasteiger partial charge < -0.3 is 14.6 Å². The lowest BCUT2D eigenvalue weighted by Gasteiger charge is -2.12. The molecule has 0 bridgehead atoms. The zero-order valence-electron chi connectivity index (χ0n) is 11.6. The zero-order valence-corrected chi connectivity index (χ0v) is 12.4. The molecule has 0 aliphatic heterocycles. The second kappa shape index (κ2) is 6.68. The normalized spacial score (nSPS) is 12.6. The number of hydrogen-bond acceptors (Lipinski definition) is 6. The first-order chi connectivity index (χ1) is 9.20. The van der Waals surface area contributed by atoms with Crippen molar-refractivity contribution in [2.24, 2.45) is 0 Å². The van der Waals surface area contributed by atoms with Gasteiger partial charge in [-0.15, -0.1) is 16.4 Å². The topological polar surface area (TPSA) is 54.2 Å². The van der Waals surface area contributed by atoms with Gasteiger partial charge in [0.05, 0.1) is 12.6 Å². The highest BCUT2D eigenvalue weighted by atomic mass is 32.1. The summed E-state index contributed by atoms with van der Waals surface area (Å²) in [6.07, 6.45) is 1.09. The van der Waals surface area contributed by atoms with E-state index >= 15 is 0 Å². The van der Waals surface area contributed by atoms with Gasteiger partial charge in [-0.2, -0.15) is 0 Å². The lowest BCUT2D eigenvalue weighted by molar-refractivity contribution is 0.416. The van der Waals surface area contributed by atoms with E-state index in [9.17, 15) is 0 Å². The van der Waals surface area contributed by atoms with Gasteiger partial charge in [-0.05, 0) is 31.3 Å². The Morgan fingerprint density at radius 1 is 1.47 bits per heavy atom. The summed E-state index contributed by atoms with van der Waals surface area (Å²) < 4.78 is 5.70. The Bertz CT molecular complexity index is 483. The van der Waals surface area contributed by atoms with Crippen LogP contribution < -0.4 is 10.2 Å². The molecule has 1 unspecified atom stereocenters. The van der Waals surface area contributed by atoms with Crippen molar-refractivity contribution in [3.63, 3.8) is 0 Å². The number of thiophene rings is 1. The first-order valence-corrected chi connectivity index (χ1v) is 7.39. The molecule has 0 radical (unpaired) electrons. The molecule has 0 aliphatic rings. The van der Waals surface area contributed by atoms with Crippen molar-refractivity contribution in [1.82, 2.24) is 15.5 Å². The standard InChI is InChI=1S/C13H20N4OS/c1-4-7-14-10(2)12-15-16-13(18-12)17(3)9-11-6-5-8-19-11/h5-6,8,10,14H,4,7,9H2,1-3H3. The summed E-state index contributed by atoms with van der Waals surface area (Å²) in [5.41, 5.74) is 0. The average Bonchev–Trinajstić information content (AvgIpc) is 3.06. The molecule has 2 rings (SSSR count). The molecule has 1 atom stereocenters. The van der Waals surface area contributed by atoms with Crippen molar-refractivity contribution in [3.05, 3.63) is 28.3 Å². The second-order valence-corrected chi connectivity index (χ2v) is 5.57. The summed E-state index contributed by atoms with van der Waals surface area (Å²) in [7, 11) is 1.96. The molecule has 0 fully saturated rings. The van der Waals surface area contributed by atoms with Crippen molar-refractivity contribution in [2.75, 3.05) is 18.5 Å². The molecule has 0 aliphatic carbocycles. The first-order valence-electron chi connectivity index (χ1n) is 6.51. The summed E-state index contributed by atoms with van der Waals surface area (Å²) in [6.45, 7) is 5.90. The lowest BCUT2D eigenvalue weighted by atomic mass is 10.3. The minimum atomic E-state index is 0.0938. The van der Waals surface area contributed by atoms with Crippen LogP contribution in [-0.4, -0.2) is 23.8 Å². The van der Waals surface area contributed by atoms with Crippen LogP contribution in [0.3, 0.4) is 0 Å². The van der Waals surface area contributed by atoms with Gasteiger partial charge in [-0.1, -0.05) is 18.1 Å². The number of anilines is 1. The highest BCUT2D eigenvalue weighted by Crippen LogP contribution is 2.19. The Hall–Kier alpha value is -1.40. The van der Waals surface area contributed by atoms with E-state index in [0.29, 0.717) is 11.9 Å². The molecule has 2 aromatic heterocycles. The molecule has 0 saturated carbocycles. The molecular weight excluding hydrogens is 260 g/mol. The Morgan fingerprint density at radius 2 is 2.32 bits per heavy atom. The molecule has 0 saturated heterocycles. The fourth-order valence-electron chi connectivity index (χ4n) is 1.71. The van der Waals surface area contributed by atoms with Crippen molar-refractivity contribution < 1.29 is 4.42 Å². The Labute approximate surface area is 117 Å². The average molecular weight is 280 g/mol. The van der Waals surface area contributed by atoms with E-state index in [-0.39, 0.29) is 6.04 Å². The first kappa shape index (κ1) is 14.0. The Morgan fingerprint density at radius 3 is 3.00 bits per heavy atom. The molecule has 19 heavy (non-hydrogen) atoms. The molecule has 6 heteroatoms. The Balaban J connectivity index is 1.96. The fourth-order valence-corrected chi connectivity index (χ4v) is 2.46. The number of nitrogens with one attached hydrogen (secondary N) is 1. The van der Waals surface area contributed by atoms with E-state index < -0.39 is 0 Å². The molecule has 2 aromatic rings. The minimum absolute atomic E-state index is 0.0938. The zero-order chi connectivity index (χ0) is 13.7. The predicted octanol–water partition coefficient (Wildman–Crippen LogP) is 2.83. The van der Waals surface area contributed by atoms with Crippen molar-refractivity contribution in [3.8, 4) is 0 Å². The van der Waals surface area contributed by atoms with Crippen LogP contribution in [0.2, 0.25) is 0 Å². The molecule has 0 spiro atoms. The number of rotatable bonds is 7. The highest BCUT2D eigenvalue weighted by molar-refractivity contribution is 7.09. The maximum absolute atomic E-state index is 5.70. The van der Waals surface area contributed by atoms with Crippen molar-refractivity contribution in [2.45, 2.75) is 32.9 Å². The van der Waals surface area contributed by atoms with Gasteiger partial charge in [-0.3, -0.25) is 0 Å². The van der Waals surface area contributed by atoms with Crippen LogP contribution in [0.1, 0.15) is 37.1 Å². The molecular formula is C13H20N4OS. The maximum Gasteiger partial charge on any atom is 0.318 e. The van der Waals surface area contributed by atoms with Gasteiger partial charge in [0.2, 0.25) is 5.89 Å². The van der Waals surface area contributed by atoms with Gasteiger partial charge in [0, 0.05) is 11.9 Å². The van der Waals surface area contributed by atoms with E-state index in [1.54, 1.807) is 11.3 Å². The smallest absolute Gasteiger partial charge is 0.318 e. The summed E-state index contributed by atoms with van der Waals surface area (Å²) in [5, 5.41) is 13.6. The number of nitrogens with zero attached hydrogens (tertiary/aromatic N) is 3. The third-order valence-corrected chi connectivity index (χ3v) is 3.66. The highest BCUT2D eigenvalue weighted by Gasteiger charge is 2.15. The van der Waals surface area contributed by atoms with E-state index in [2.05, 4.69) is 33.9 Å². The summed E-state index contributed by atoms with van der Waals surface area (Å²) in [4.78, 5) is 3.24. The van der Waals surface area contributed by atoms with Crippen LogP contribution in [0.25, 0.3) is 0 Å². The number of hydrogen-bond donors (Lipinski definition) is 1. The van der Waals surface area contributed by atoms with E-state index in [1.807, 2.05) is 24.9 Å². The summed E-state index contributed by atoms with van der Waals surface area (Å²) in [5.74, 6) is 0.640. The van der Waals surface area contributed by atoms with Gasteiger partial charge in [-0.25, -0.2) is 0 Å². The number of aromatic nitrogens is 2. The van der Waals surface area contributed by atoms with Crippen molar-refractivity contribution in [1.29, 1.82) is 0 Å². The predicted molar refractivity (Wildman–Crippen MR) is 77.4 cm³/mol. The molecule has 5 nitrogen and oxygen atoms in total. The Kier molecular flexibility index (Phi) is 4.93. The van der Waals surface area contributed by atoms with Crippen molar-refractivity contribution >= 4 is 17.4 Å². The second-order valence-electron chi connectivity index (χ2n) is 4.53. The fraction of sp³-hybridized carbons (Fsp3) is 0.538. The molecule has 1 N–H and O–H groups in total. The van der Waals surface area contributed by atoms with Crippen LogP contribution in [0.5, 0.6) is 0 Å². The van der Waals surface area contributed by atoms with E-state index in [0.717, 1.165) is 19.5 Å². The summed E-state index contributed by atoms with van der Waals surface area (Å²) in [6, 6.07) is 4.80. The van der Waals surface area contributed by atoms with Crippen LogP contribution >= 0.6 is 11.3 Å². The van der Waals surface area contributed by atoms with Crippen LogP contribution in [-0.2, 0) is 6.54 Å². The molecule has 0 amide bonds. The van der Waals surface area contributed by atoms with Crippen LogP contribution in [0, 0.1) is 0 Å².